The first-order valence-electron chi connectivity index (χ1n) is 6.58. The lowest BCUT2D eigenvalue weighted by Crippen LogP contribution is -2.35. The number of nitrogens with zero attached hydrogens (tertiary/aromatic N) is 1. The first kappa shape index (κ1) is 13.1. The molecule has 0 heterocycles. The lowest BCUT2D eigenvalue weighted by atomic mass is 10.1. The van der Waals surface area contributed by atoms with Crippen molar-refractivity contribution < 1.29 is 4.79 Å². The Labute approximate surface area is 109 Å². The second-order valence-electron chi connectivity index (χ2n) is 5.51. The molecular formula is C15H22N2O. The van der Waals surface area contributed by atoms with Crippen LogP contribution in [0.1, 0.15) is 29.5 Å². The van der Waals surface area contributed by atoms with Gasteiger partial charge < -0.3 is 5.32 Å². The fourth-order valence-electron chi connectivity index (χ4n) is 2.27. The zero-order valence-corrected chi connectivity index (χ0v) is 11.5. The van der Waals surface area contributed by atoms with Gasteiger partial charge in [0.15, 0.2) is 0 Å². The topological polar surface area (TPSA) is 32.3 Å². The summed E-state index contributed by atoms with van der Waals surface area (Å²) in [6.45, 7) is 5.51. The highest BCUT2D eigenvalue weighted by Crippen LogP contribution is 2.18. The maximum Gasteiger partial charge on any atom is 0.234 e. The number of hydrogen-bond donors (Lipinski definition) is 1. The van der Waals surface area contributed by atoms with E-state index in [-0.39, 0.29) is 5.91 Å². The van der Waals surface area contributed by atoms with Gasteiger partial charge in [-0.2, -0.15) is 0 Å². The maximum absolute atomic E-state index is 11.7. The van der Waals surface area contributed by atoms with Crippen LogP contribution in [-0.4, -0.2) is 30.4 Å². The Balaban J connectivity index is 1.85. The van der Waals surface area contributed by atoms with E-state index in [1.165, 1.54) is 16.7 Å². The van der Waals surface area contributed by atoms with Gasteiger partial charge in [0.1, 0.15) is 0 Å². The van der Waals surface area contributed by atoms with Crippen LogP contribution in [0.5, 0.6) is 0 Å². The van der Waals surface area contributed by atoms with Gasteiger partial charge in [-0.1, -0.05) is 29.3 Å². The Morgan fingerprint density at radius 3 is 2.44 bits per heavy atom. The summed E-state index contributed by atoms with van der Waals surface area (Å²) < 4.78 is 0. The van der Waals surface area contributed by atoms with Crippen molar-refractivity contribution in [3.63, 3.8) is 0 Å². The molecule has 18 heavy (non-hydrogen) atoms. The number of rotatable bonds is 5. The third-order valence-corrected chi connectivity index (χ3v) is 3.09. The summed E-state index contributed by atoms with van der Waals surface area (Å²) in [7, 11) is 1.99. The highest BCUT2D eigenvalue weighted by atomic mass is 16.2. The van der Waals surface area contributed by atoms with Gasteiger partial charge >= 0.3 is 0 Å². The molecule has 0 aliphatic heterocycles. The molecule has 0 unspecified atom stereocenters. The Hall–Kier alpha value is -1.35. The van der Waals surface area contributed by atoms with Crippen LogP contribution in [0.15, 0.2) is 18.2 Å². The van der Waals surface area contributed by atoms with Crippen molar-refractivity contribution >= 4 is 5.91 Å². The number of aryl methyl sites for hydroxylation is 2. The number of benzene rings is 1. The number of carbonyl (C=O) groups excluding carboxylic acids is 1. The van der Waals surface area contributed by atoms with E-state index in [9.17, 15) is 4.79 Å². The molecule has 3 heteroatoms. The minimum absolute atomic E-state index is 0.143. The highest BCUT2D eigenvalue weighted by Gasteiger charge is 2.23. The highest BCUT2D eigenvalue weighted by molar-refractivity contribution is 5.78. The molecular weight excluding hydrogens is 224 g/mol. The molecule has 0 atom stereocenters. The fourth-order valence-corrected chi connectivity index (χ4v) is 2.27. The smallest absolute Gasteiger partial charge is 0.234 e. The average molecular weight is 246 g/mol. The average Bonchev–Trinajstić information content (AvgIpc) is 2.98. The second-order valence-corrected chi connectivity index (χ2v) is 5.51. The van der Waals surface area contributed by atoms with Crippen LogP contribution in [-0.2, 0) is 11.3 Å². The number of carbonyl (C=O) groups is 1. The molecule has 2 rings (SSSR count). The molecule has 1 saturated carbocycles. The Morgan fingerprint density at radius 2 is 1.89 bits per heavy atom. The molecule has 98 valence electrons. The van der Waals surface area contributed by atoms with E-state index in [2.05, 4.69) is 42.3 Å². The van der Waals surface area contributed by atoms with Gasteiger partial charge in [-0.25, -0.2) is 0 Å². The van der Waals surface area contributed by atoms with Crippen molar-refractivity contribution in [2.24, 2.45) is 0 Å². The van der Waals surface area contributed by atoms with Crippen LogP contribution in [0, 0.1) is 13.8 Å². The standard InChI is InChI=1S/C15H22N2O/c1-11-6-12(2)8-13(7-11)9-17(3)10-15(18)16-14-4-5-14/h6-8,14H,4-5,9-10H2,1-3H3,(H,16,18). The van der Waals surface area contributed by atoms with Crippen molar-refractivity contribution in [1.29, 1.82) is 0 Å². The van der Waals surface area contributed by atoms with E-state index in [1.54, 1.807) is 0 Å². The van der Waals surface area contributed by atoms with E-state index in [0.717, 1.165) is 19.4 Å². The third-order valence-electron chi connectivity index (χ3n) is 3.09. The molecule has 0 aromatic heterocycles. The summed E-state index contributed by atoms with van der Waals surface area (Å²) in [6.07, 6.45) is 2.29. The molecule has 0 bridgehead atoms. The van der Waals surface area contributed by atoms with Gasteiger partial charge in [0.05, 0.1) is 6.54 Å². The molecule has 1 aromatic carbocycles. The molecule has 1 aromatic rings. The molecule has 0 saturated heterocycles. The van der Waals surface area contributed by atoms with E-state index < -0.39 is 0 Å². The lowest BCUT2D eigenvalue weighted by Gasteiger charge is -2.17. The van der Waals surface area contributed by atoms with Crippen LogP contribution in [0.25, 0.3) is 0 Å². The first-order chi connectivity index (χ1) is 8.52. The van der Waals surface area contributed by atoms with Gasteiger partial charge in [-0.3, -0.25) is 9.69 Å². The molecule has 3 nitrogen and oxygen atoms in total. The monoisotopic (exact) mass is 246 g/mol. The number of nitrogens with one attached hydrogen (secondary N) is 1. The van der Waals surface area contributed by atoms with Crippen LogP contribution >= 0.6 is 0 Å². The molecule has 1 aliphatic carbocycles. The number of likely N-dealkylation sites (N-methyl/N-ethyl adjacent to an activating group) is 1. The van der Waals surface area contributed by atoms with Gasteiger partial charge in [0, 0.05) is 12.6 Å². The SMILES string of the molecule is Cc1cc(C)cc(CN(C)CC(=O)NC2CC2)c1. The maximum atomic E-state index is 11.7. The Bertz CT molecular complexity index is 418. The van der Waals surface area contributed by atoms with E-state index in [0.29, 0.717) is 12.6 Å². The quantitative estimate of drug-likeness (QED) is 0.862. The first-order valence-corrected chi connectivity index (χ1v) is 6.58. The van der Waals surface area contributed by atoms with Crippen LogP contribution < -0.4 is 5.32 Å². The van der Waals surface area contributed by atoms with E-state index in [4.69, 9.17) is 0 Å². The predicted molar refractivity (Wildman–Crippen MR) is 73.4 cm³/mol. The summed E-state index contributed by atoms with van der Waals surface area (Å²) in [4.78, 5) is 13.7. The minimum Gasteiger partial charge on any atom is -0.352 e. The number of hydrogen-bond acceptors (Lipinski definition) is 2. The zero-order valence-electron chi connectivity index (χ0n) is 11.5. The summed E-state index contributed by atoms with van der Waals surface area (Å²) in [5.41, 5.74) is 3.83. The third kappa shape index (κ3) is 4.15. The van der Waals surface area contributed by atoms with Gasteiger partial charge in [0.25, 0.3) is 0 Å². The second kappa shape index (κ2) is 5.53. The minimum atomic E-state index is 0.143. The van der Waals surface area contributed by atoms with Crippen LogP contribution in [0.3, 0.4) is 0 Å². The van der Waals surface area contributed by atoms with Gasteiger partial charge in [-0.05, 0) is 39.3 Å². The molecule has 1 fully saturated rings. The fraction of sp³-hybridized carbons (Fsp3) is 0.533. The number of amides is 1. The van der Waals surface area contributed by atoms with Gasteiger partial charge in [0.2, 0.25) is 5.91 Å². The van der Waals surface area contributed by atoms with Crippen LogP contribution in [0.4, 0.5) is 0 Å². The molecule has 1 amide bonds. The van der Waals surface area contributed by atoms with Gasteiger partial charge in [-0.15, -0.1) is 0 Å². The summed E-state index contributed by atoms with van der Waals surface area (Å²) in [5.74, 6) is 0.143. The predicted octanol–water partition coefficient (Wildman–Crippen LogP) is 2.01. The Kier molecular flexibility index (Phi) is 4.02. The lowest BCUT2D eigenvalue weighted by molar-refractivity contribution is -0.122. The zero-order chi connectivity index (χ0) is 13.1. The molecule has 1 N–H and O–H groups in total. The largest absolute Gasteiger partial charge is 0.352 e. The molecule has 1 aliphatic rings. The Morgan fingerprint density at radius 1 is 1.28 bits per heavy atom. The van der Waals surface area contributed by atoms with Crippen molar-refractivity contribution in [3.05, 3.63) is 34.9 Å². The van der Waals surface area contributed by atoms with E-state index in [1.807, 2.05) is 7.05 Å². The molecule has 0 radical (unpaired) electrons. The summed E-state index contributed by atoms with van der Waals surface area (Å²) in [5, 5.41) is 3.01. The summed E-state index contributed by atoms with van der Waals surface area (Å²) >= 11 is 0. The molecule has 0 spiro atoms. The summed E-state index contributed by atoms with van der Waals surface area (Å²) in [6, 6.07) is 6.99. The van der Waals surface area contributed by atoms with Crippen molar-refractivity contribution in [1.82, 2.24) is 10.2 Å². The van der Waals surface area contributed by atoms with Crippen molar-refractivity contribution in [2.75, 3.05) is 13.6 Å². The normalized spacial score (nSPS) is 14.9. The van der Waals surface area contributed by atoms with Crippen molar-refractivity contribution in [2.45, 2.75) is 39.3 Å². The van der Waals surface area contributed by atoms with Crippen molar-refractivity contribution in [3.8, 4) is 0 Å². The van der Waals surface area contributed by atoms with Crippen LogP contribution in [0.2, 0.25) is 0 Å². The van der Waals surface area contributed by atoms with E-state index >= 15 is 0 Å².